The number of H-pyrrole nitrogens is 1. The van der Waals surface area contributed by atoms with E-state index in [2.05, 4.69) is 10.2 Å². The van der Waals surface area contributed by atoms with Crippen molar-refractivity contribution in [2.45, 2.75) is 28.9 Å². The highest BCUT2D eigenvalue weighted by molar-refractivity contribution is 7.99. The van der Waals surface area contributed by atoms with Crippen molar-refractivity contribution in [3.8, 4) is 0 Å². The molecule has 0 radical (unpaired) electrons. The zero-order valence-electron chi connectivity index (χ0n) is 10.4. The summed E-state index contributed by atoms with van der Waals surface area (Å²) < 4.78 is 14.8. The van der Waals surface area contributed by atoms with Crippen molar-refractivity contribution in [3.63, 3.8) is 0 Å². The van der Waals surface area contributed by atoms with Crippen molar-refractivity contribution in [2.24, 2.45) is 5.73 Å². The van der Waals surface area contributed by atoms with Gasteiger partial charge in [0.1, 0.15) is 11.7 Å². The van der Waals surface area contributed by atoms with Crippen molar-refractivity contribution < 1.29 is 4.39 Å². The number of amidine groups is 1. The summed E-state index contributed by atoms with van der Waals surface area (Å²) in [6.07, 6.45) is 1.91. The Kier molecular flexibility index (Phi) is 3.09. The lowest BCUT2D eigenvalue weighted by molar-refractivity contribution is 0.625. The Labute approximate surface area is 117 Å². The topological polar surface area (TPSA) is 101 Å². The highest BCUT2D eigenvalue weighted by atomic mass is 32.2. The molecule has 6 nitrogen and oxygen atoms in total. The maximum Gasteiger partial charge on any atom is 0.344 e. The number of nitrogens with two attached hydrogens (primary N) is 1. The maximum absolute atomic E-state index is 13.2. The first kappa shape index (κ1) is 12.9. The van der Waals surface area contributed by atoms with Crippen LogP contribution in [0.3, 0.4) is 0 Å². The fourth-order valence-corrected chi connectivity index (χ4v) is 2.95. The molecule has 20 heavy (non-hydrogen) atoms. The van der Waals surface area contributed by atoms with Crippen molar-refractivity contribution in [2.75, 3.05) is 0 Å². The van der Waals surface area contributed by atoms with Crippen LogP contribution >= 0.6 is 11.8 Å². The zero-order chi connectivity index (χ0) is 14.3. The summed E-state index contributed by atoms with van der Waals surface area (Å²) in [6.45, 7) is 0. The van der Waals surface area contributed by atoms with Crippen molar-refractivity contribution in [1.29, 1.82) is 5.41 Å². The maximum atomic E-state index is 13.2. The van der Waals surface area contributed by atoms with Gasteiger partial charge in [-0.05, 0) is 42.8 Å². The van der Waals surface area contributed by atoms with Gasteiger partial charge < -0.3 is 5.73 Å². The third kappa shape index (κ3) is 2.34. The van der Waals surface area contributed by atoms with Gasteiger partial charge in [-0.2, -0.15) is 0 Å². The molecule has 2 aromatic rings. The average molecular weight is 293 g/mol. The lowest BCUT2D eigenvalue weighted by atomic mass is 10.2. The highest BCUT2D eigenvalue weighted by Crippen LogP contribution is 2.38. The molecule has 0 spiro atoms. The number of benzene rings is 1. The van der Waals surface area contributed by atoms with E-state index in [1.807, 2.05) is 0 Å². The number of nitrogens with one attached hydrogen (secondary N) is 2. The summed E-state index contributed by atoms with van der Waals surface area (Å²) in [5, 5.41) is 14.4. The summed E-state index contributed by atoms with van der Waals surface area (Å²) >= 11 is 1.20. The smallest absolute Gasteiger partial charge is 0.344 e. The first-order chi connectivity index (χ1) is 9.56. The molecule has 3 rings (SSSR count). The number of aromatic amines is 1. The molecule has 1 fully saturated rings. The van der Waals surface area contributed by atoms with Gasteiger partial charge in [-0.1, -0.05) is 0 Å². The first-order valence-electron chi connectivity index (χ1n) is 6.05. The summed E-state index contributed by atoms with van der Waals surface area (Å²) in [6, 6.07) is 4.22. The molecule has 0 bridgehead atoms. The first-order valence-corrected chi connectivity index (χ1v) is 6.86. The van der Waals surface area contributed by atoms with E-state index in [0.29, 0.717) is 15.6 Å². The molecule has 1 aliphatic rings. The Balaban J connectivity index is 1.99. The number of nitrogen functional groups attached to an aromatic ring is 1. The number of hydrogen-bond acceptors (Lipinski definition) is 4. The summed E-state index contributed by atoms with van der Waals surface area (Å²) in [4.78, 5) is 12.3. The van der Waals surface area contributed by atoms with Gasteiger partial charge in [-0.15, -0.1) is 5.10 Å². The molecule has 1 heterocycles. The van der Waals surface area contributed by atoms with E-state index in [-0.39, 0.29) is 17.6 Å². The summed E-state index contributed by atoms with van der Waals surface area (Å²) in [5.41, 5.74) is 5.51. The minimum Gasteiger partial charge on any atom is -0.384 e. The van der Waals surface area contributed by atoms with Crippen LogP contribution < -0.4 is 11.4 Å². The third-order valence-electron chi connectivity index (χ3n) is 3.02. The highest BCUT2D eigenvalue weighted by Gasteiger charge is 2.29. The van der Waals surface area contributed by atoms with Crippen LogP contribution in [0.2, 0.25) is 0 Å². The Morgan fingerprint density at radius 3 is 2.95 bits per heavy atom. The van der Waals surface area contributed by atoms with Gasteiger partial charge in [-0.25, -0.2) is 14.3 Å². The SMILES string of the molecule is N=C(N)c1cc(F)ccc1Sc1n[nH]c(=O)n1C1CC1. The molecule has 0 amide bonds. The molecule has 0 unspecified atom stereocenters. The van der Waals surface area contributed by atoms with E-state index in [1.165, 1.54) is 30.0 Å². The molecule has 0 aliphatic heterocycles. The van der Waals surface area contributed by atoms with Crippen molar-refractivity contribution >= 4 is 17.6 Å². The number of rotatable bonds is 4. The van der Waals surface area contributed by atoms with Gasteiger partial charge in [0.2, 0.25) is 0 Å². The molecule has 1 aromatic carbocycles. The molecule has 0 atom stereocenters. The van der Waals surface area contributed by atoms with E-state index in [1.54, 1.807) is 4.57 Å². The number of aromatic nitrogens is 3. The summed E-state index contributed by atoms with van der Waals surface area (Å²) in [5.74, 6) is -0.677. The van der Waals surface area contributed by atoms with Gasteiger partial charge in [0.05, 0.1) is 0 Å². The van der Waals surface area contributed by atoms with E-state index in [9.17, 15) is 9.18 Å². The Bertz CT molecular complexity index is 734. The van der Waals surface area contributed by atoms with Gasteiger partial charge in [-0.3, -0.25) is 9.98 Å². The monoisotopic (exact) mass is 293 g/mol. The van der Waals surface area contributed by atoms with E-state index >= 15 is 0 Å². The van der Waals surface area contributed by atoms with Gasteiger partial charge in [0, 0.05) is 16.5 Å². The Hall–Kier alpha value is -2.09. The normalized spacial score (nSPS) is 14.4. The van der Waals surface area contributed by atoms with Crippen LogP contribution in [-0.4, -0.2) is 20.6 Å². The molecule has 1 aliphatic carbocycles. The molecule has 8 heteroatoms. The Morgan fingerprint density at radius 1 is 1.55 bits per heavy atom. The van der Waals surface area contributed by atoms with Crippen LogP contribution in [0.15, 0.2) is 33.0 Å². The number of nitrogens with zero attached hydrogens (tertiary/aromatic N) is 2. The van der Waals surface area contributed by atoms with Crippen LogP contribution in [-0.2, 0) is 0 Å². The molecule has 1 aromatic heterocycles. The second kappa shape index (κ2) is 4.78. The molecular formula is C12H12FN5OS. The summed E-state index contributed by atoms with van der Waals surface area (Å²) in [7, 11) is 0. The average Bonchev–Trinajstić information content (AvgIpc) is 3.17. The standard InChI is InChI=1S/C12H12FN5OS/c13-6-1-4-9(8(5-6)10(14)15)20-12-17-16-11(19)18(12)7-2-3-7/h1,4-5,7H,2-3H2,(H3,14,15)(H,16,19). The van der Waals surface area contributed by atoms with Gasteiger partial charge in [0.25, 0.3) is 0 Å². The molecule has 0 saturated heterocycles. The molecular weight excluding hydrogens is 281 g/mol. The number of hydrogen-bond donors (Lipinski definition) is 3. The predicted molar refractivity (Wildman–Crippen MR) is 72.7 cm³/mol. The van der Waals surface area contributed by atoms with Crippen LogP contribution in [0, 0.1) is 11.2 Å². The van der Waals surface area contributed by atoms with Crippen LogP contribution in [0.5, 0.6) is 0 Å². The second-order valence-corrected chi connectivity index (χ2v) is 5.58. The van der Waals surface area contributed by atoms with Crippen LogP contribution in [0.4, 0.5) is 4.39 Å². The minimum absolute atomic E-state index is 0.185. The van der Waals surface area contributed by atoms with Crippen LogP contribution in [0.25, 0.3) is 0 Å². The van der Waals surface area contributed by atoms with Gasteiger partial charge in [0.15, 0.2) is 5.16 Å². The predicted octanol–water partition coefficient (Wildman–Crippen LogP) is 1.48. The second-order valence-electron chi connectivity index (χ2n) is 4.57. The Morgan fingerprint density at radius 2 is 2.30 bits per heavy atom. The molecule has 1 saturated carbocycles. The largest absolute Gasteiger partial charge is 0.384 e. The third-order valence-corrected chi connectivity index (χ3v) is 4.06. The van der Waals surface area contributed by atoms with Crippen LogP contribution in [0.1, 0.15) is 24.4 Å². The molecule has 4 N–H and O–H groups in total. The van der Waals surface area contributed by atoms with E-state index in [0.717, 1.165) is 12.8 Å². The lowest BCUT2D eigenvalue weighted by Gasteiger charge is -2.08. The number of halogens is 1. The van der Waals surface area contributed by atoms with Crippen molar-refractivity contribution in [1.82, 2.24) is 14.8 Å². The zero-order valence-corrected chi connectivity index (χ0v) is 11.2. The lowest BCUT2D eigenvalue weighted by Crippen LogP contribution is -2.16. The quantitative estimate of drug-likeness (QED) is 0.587. The van der Waals surface area contributed by atoms with E-state index < -0.39 is 5.82 Å². The van der Waals surface area contributed by atoms with Gasteiger partial charge >= 0.3 is 5.69 Å². The fraction of sp³-hybridized carbons (Fsp3) is 0.250. The van der Waals surface area contributed by atoms with Crippen molar-refractivity contribution in [3.05, 3.63) is 40.1 Å². The molecule has 104 valence electrons. The minimum atomic E-state index is -0.457. The fourth-order valence-electron chi connectivity index (χ4n) is 1.92. The van der Waals surface area contributed by atoms with E-state index in [4.69, 9.17) is 11.1 Å².